The van der Waals surface area contributed by atoms with Gasteiger partial charge >= 0.3 is 0 Å². The van der Waals surface area contributed by atoms with Gasteiger partial charge in [0, 0.05) is 30.5 Å². The van der Waals surface area contributed by atoms with Crippen LogP contribution >= 0.6 is 0 Å². The Bertz CT molecular complexity index is 1280. The SMILES string of the molecule is CCN(CC)S(=O)(=O)c1ccc(F)c(C(=O)Nc2cccc(C(=O)NCc3ccccn3)c2)c1. The Morgan fingerprint density at radius 3 is 2.41 bits per heavy atom. The first kappa shape index (κ1) is 25.0. The summed E-state index contributed by atoms with van der Waals surface area (Å²) in [6.07, 6.45) is 1.62. The Kier molecular flexibility index (Phi) is 8.08. The van der Waals surface area contributed by atoms with E-state index in [0.29, 0.717) is 5.69 Å². The molecule has 0 aliphatic rings. The maximum atomic E-state index is 14.4. The first-order valence-electron chi connectivity index (χ1n) is 10.7. The summed E-state index contributed by atoms with van der Waals surface area (Å²) in [5.74, 6) is -2.07. The van der Waals surface area contributed by atoms with E-state index in [9.17, 15) is 22.4 Å². The van der Waals surface area contributed by atoms with E-state index < -0.39 is 27.3 Å². The molecule has 1 aromatic heterocycles. The van der Waals surface area contributed by atoms with Crippen LogP contribution in [0.2, 0.25) is 0 Å². The van der Waals surface area contributed by atoms with Crippen molar-refractivity contribution in [2.45, 2.75) is 25.3 Å². The van der Waals surface area contributed by atoms with Gasteiger partial charge in [-0.15, -0.1) is 0 Å². The van der Waals surface area contributed by atoms with Crippen molar-refractivity contribution in [1.82, 2.24) is 14.6 Å². The lowest BCUT2D eigenvalue weighted by Gasteiger charge is -2.19. The highest BCUT2D eigenvalue weighted by Gasteiger charge is 2.24. The second-order valence-corrected chi connectivity index (χ2v) is 9.21. The molecular formula is C24H25FN4O4S. The molecule has 1 heterocycles. The van der Waals surface area contributed by atoms with E-state index in [2.05, 4.69) is 15.6 Å². The van der Waals surface area contributed by atoms with Crippen molar-refractivity contribution in [3.63, 3.8) is 0 Å². The number of hydrogen-bond donors (Lipinski definition) is 2. The minimum absolute atomic E-state index is 0.176. The molecule has 0 unspecified atom stereocenters. The normalized spacial score (nSPS) is 11.3. The molecule has 0 aliphatic carbocycles. The van der Waals surface area contributed by atoms with Crippen LogP contribution in [0, 0.1) is 5.82 Å². The molecule has 10 heteroatoms. The van der Waals surface area contributed by atoms with Gasteiger partial charge in [0.05, 0.1) is 22.7 Å². The van der Waals surface area contributed by atoms with Crippen molar-refractivity contribution >= 4 is 27.5 Å². The minimum Gasteiger partial charge on any atom is -0.346 e. The summed E-state index contributed by atoms with van der Waals surface area (Å²) in [6, 6.07) is 14.6. The van der Waals surface area contributed by atoms with Gasteiger partial charge < -0.3 is 10.6 Å². The minimum atomic E-state index is -3.87. The largest absolute Gasteiger partial charge is 0.346 e. The molecule has 0 fully saturated rings. The molecule has 0 aliphatic heterocycles. The number of nitrogens with zero attached hydrogens (tertiary/aromatic N) is 2. The maximum absolute atomic E-state index is 14.4. The van der Waals surface area contributed by atoms with Crippen LogP contribution in [0.4, 0.5) is 10.1 Å². The van der Waals surface area contributed by atoms with Crippen LogP contribution in [0.1, 0.15) is 40.3 Å². The highest BCUT2D eigenvalue weighted by atomic mass is 32.2. The standard InChI is InChI=1S/C24H25FN4O4S/c1-3-29(4-2)34(32,33)20-11-12-22(25)21(15-20)24(31)28-18-10-7-8-17(14-18)23(30)27-16-19-9-5-6-13-26-19/h5-15H,3-4,16H2,1-2H3,(H,27,30)(H,28,31). The lowest BCUT2D eigenvalue weighted by molar-refractivity contribution is 0.0949. The number of carbonyl (C=O) groups is 2. The fourth-order valence-corrected chi connectivity index (χ4v) is 4.75. The number of rotatable bonds is 9. The van der Waals surface area contributed by atoms with Crippen LogP contribution in [0.3, 0.4) is 0 Å². The van der Waals surface area contributed by atoms with Gasteiger partial charge in [0.1, 0.15) is 5.82 Å². The first-order valence-corrected chi connectivity index (χ1v) is 12.1. The summed E-state index contributed by atoms with van der Waals surface area (Å²) in [5.41, 5.74) is 0.813. The number of anilines is 1. The van der Waals surface area contributed by atoms with E-state index in [1.807, 2.05) is 6.07 Å². The van der Waals surface area contributed by atoms with Gasteiger partial charge in [-0.1, -0.05) is 26.0 Å². The third-order valence-electron chi connectivity index (χ3n) is 5.06. The van der Waals surface area contributed by atoms with Crippen LogP contribution in [-0.2, 0) is 16.6 Å². The zero-order chi connectivity index (χ0) is 24.7. The summed E-state index contributed by atoms with van der Waals surface area (Å²) < 4.78 is 41.1. The second-order valence-electron chi connectivity index (χ2n) is 7.27. The molecule has 8 nitrogen and oxygen atoms in total. The highest BCUT2D eigenvalue weighted by Crippen LogP contribution is 2.21. The molecular weight excluding hydrogens is 459 g/mol. The number of amides is 2. The van der Waals surface area contributed by atoms with Crippen LogP contribution < -0.4 is 10.6 Å². The Hall–Kier alpha value is -3.63. The molecule has 0 saturated heterocycles. The summed E-state index contributed by atoms with van der Waals surface area (Å²) in [7, 11) is -3.87. The zero-order valence-electron chi connectivity index (χ0n) is 18.8. The van der Waals surface area contributed by atoms with Gasteiger partial charge in [0.25, 0.3) is 11.8 Å². The van der Waals surface area contributed by atoms with Crippen LogP contribution in [0.15, 0.2) is 71.8 Å². The number of benzene rings is 2. The van der Waals surface area contributed by atoms with Crippen LogP contribution in [0.25, 0.3) is 0 Å². The predicted octanol–water partition coefficient (Wildman–Crippen LogP) is 3.43. The Morgan fingerprint density at radius 1 is 0.971 bits per heavy atom. The van der Waals surface area contributed by atoms with Gasteiger partial charge in [0.2, 0.25) is 10.0 Å². The third-order valence-corrected chi connectivity index (χ3v) is 7.11. The maximum Gasteiger partial charge on any atom is 0.258 e. The number of pyridine rings is 1. The molecule has 178 valence electrons. The van der Waals surface area contributed by atoms with Gasteiger partial charge in [-0.05, 0) is 48.5 Å². The van der Waals surface area contributed by atoms with Crippen molar-refractivity contribution in [2.24, 2.45) is 0 Å². The van der Waals surface area contributed by atoms with Crippen molar-refractivity contribution in [2.75, 3.05) is 18.4 Å². The molecule has 2 N–H and O–H groups in total. The van der Waals surface area contributed by atoms with E-state index in [0.717, 1.165) is 18.2 Å². The van der Waals surface area contributed by atoms with Crippen LogP contribution in [0.5, 0.6) is 0 Å². The van der Waals surface area contributed by atoms with E-state index in [4.69, 9.17) is 0 Å². The van der Waals surface area contributed by atoms with E-state index in [1.54, 1.807) is 50.4 Å². The van der Waals surface area contributed by atoms with Crippen molar-refractivity contribution < 1.29 is 22.4 Å². The van der Waals surface area contributed by atoms with E-state index in [1.165, 1.54) is 10.4 Å². The summed E-state index contributed by atoms with van der Waals surface area (Å²) in [5, 5.41) is 5.26. The Balaban J connectivity index is 1.76. The number of nitrogens with one attached hydrogen (secondary N) is 2. The van der Waals surface area contributed by atoms with Crippen molar-refractivity contribution in [3.8, 4) is 0 Å². The quantitative estimate of drug-likeness (QED) is 0.484. The molecule has 2 amide bonds. The van der Waals surface area contributed by atoms with Crippen LogP contribution in [-0.4, -0.2) is 42.6 Å². The Labute approximate surface area is 197 Å². The molecule has 34 heavy (non-hydrogen) atoms. The lowest BCUT2D eigenvalue weighted by Crippen LogP contribution is -2.31. The number of halogens is 1. The topological polar surface area (TPSA) is 108 Å². The molecule has 0 bridgehead atoms. The van der Waals surface area contributed by atoms with Crippen molar-refractivity contribution in [3.05, 3.63) is 89.5 Å². The number of sulfonamides is 1. The second kappa shape index (κ2) is 11.0. The monoisotopic (exact) mass is 484 g/mol. The highest BCUT2D eigenvalue weighted by molar-refractivity contribution is 7.89. The smallest absolute Gasteiger partial charge is 0.258 e. The molecule has 3 rings (SSSR count). The summed E-state index contributed by atoms with van der Waals surface area (Å²) in [4.78, 5) is 29.2. The summed E-state index contributed by atoms with van der Waals surface area (Å²) >= 11 is 0. The zero-order valence-corrected chi connectivity index (χ0v) is 19.6. The lowest BCUT2D eigenvalue weighted by atomic mass is 10.1. The van der Waals surface area contributed by atoms with Gasteiger partial charge in [-0.2, -0.15) is 4.31 Å². The van der Waals surface area contributed by atoms with E-state index >= 15 is 0 Å². The molecule has 0 spiro atoms. The molecule has 0 atom stereocenters. The van der Waals surface area contributed by atoms with Gasteiger partial charge in [0.15, 0.2) is 0 Å². The third kappa shape index (κ3) is 5.83. The fraction of sp³-hybridized carbons (Fsp3) is 0.208. The van der Waals surface area contributed by atoms with Gasteiger partial charge in [-0.3, -0.25) is 14.6 Å². The average Bonchev–Trinajstić information content (AvgIpc) is 2.84. The van der Waals surface area contributed by atoms with Gasteiger partial charge in [-0.25, -0.2) is 12.8 Å². The fourth-order valence-electron chi connectivity index (χ4n) is 3.26. The first-order chi connectivity index (χ1) is 16.3. The number of aromatic nitrogens is 1. The predicted molar refractivity (Wildman–Crippen MR) is 126 cm³/mol. The summed E-state index contributed by atoms with van der Waals surface area (Å²) in [6.45, 7) is 4.10. The number of hydrogen-bond acceptors (Lipinski definition) is 5. The molecule has 2 aromatic carbocycles. The van der Waals surface area contributed by atoms with Crippen molar-refractivity contribution in [1.29, 1.82) is 0 Å². The molecule has 0 radical (unpaired) electrons. The molecule has 0 saturated carbocycles. The Morgan fingerprint density at radius 2 is 1.74 bits per heavy atom. The number of carbonyl (C=O) groups excluding carboxylic acids is 2. The molecule has 3 aromatic rings. The average molecular weight is 485 g/mol. The van der Waals surface area contributed by atoms with E-state index in [-0.39, 0.29) is 41.7 Å².